The summed E-state index contributed by atoms with van der Waals surface area (Å²) < 4.78 is 5.63. The van der Waals surface area contributed by atoms with E-state index in [2.05, 4.69) is 31.2 Å². The monoisotopic (exact) mass is 268 g/mol. The topological polar surface area (TPSA) is 26.3 Å². The van der Waals surface area contributed by atoms with Gasteiger partial charge in [-0.2, -0.15) is 0 Å². The Labute approximate surface area is 120 Å². The molecule has 1 unspecified atom stereocenters. The summed E-state index contributed by atoms with van der Waals surface area (Å²) in [6.07, 6.45) is 0.119. The molecule has 0 saturated carbocycles. The number of ether oxygens (including phenoxy) is 1. The molecule has 2 rings (SSSR count). The van der Waals surface area contributed by atoms with Crippen molar-refractivity contribution < 1.29 is 9.53 Å². The molecule has 104 valence electrons. The van der Waals surface area contributed by atoms with Crippen molar-refractivity contribution in [2.45, 2.75) is 33.3 Å². The van der Waals surface area contributed by atoms with E-state index < -0.39 is 0 Å². The SMILES string of the molecule is CCC(=O)C(C)Oc1ccc(-c2ccc(C)cc2)cc1. The number of hydrogen-bond acceptors (Lipinski definition) is 2. The van der Waals surface area contributed by atoms with Crippen LogP contribution in [0.4, 0.5) is 0 Å². The van der Waals surface area contributed by atoms with Crippen LogP contribution >= 0.6 is 0 Å². The van der Waals surface area contributed by atoms with Gasteiger partial charge in [-0.1, -0.05) is 48.9 Å². The highest BCUT2D eigenvalue weighted by Gasteiger charge is 2.11. The Bertz CT molecular complexity index is 567. The van der Waals surface area contributed by atoms with Gasteiger partial charge in [-0.25, -0.2) is 0 Å². The van der Waals surface area contributed by atoms with Gasteiger partial charge in [-0.15, -0.1) is 0 Å². The van der Waals surface area contributed by atoms with Crippen LogP contribution in [0, 0.1) is 6.92 Å². The van der Waals surface area contributed by atoms with Crippen molar-refractivity contribution in [1.82, 2.24) is 0 Å². The first kappa shape index (κ1) is 14.3. The third-order valence-electron chi connectivity index (χ3n) is 3.35. The van der Waals surface area contributed by atoms with E-state index in [9.17, 15) is 4.79 Å². The molecule has 0 bridgehead atoms. The molecule has 0 aliphatic rings. The Balaban J connectivity index is 2.10. The third kappa shape index (κ3) is 3.47. The Morgan fingerprint density at radius 3 is 2.00 bits per heavy atom. The van der Waals surface area contributed by atoms with Crippen molar-refractivity contribution in [3.63, 3.8) is 0 Å². The normalized spacial score (nSPS) is 11.9. The molecule has 20 heavy (non-hydrogen) atoms. The smallest absolute Gasteiger partial charge is 0.172 e. The minimum atomic E-state index is -0.384. The fraction of sp³-hybridized carbons (Fsp3) is 0.278. The highest BCUT2D eigenvalue weighted by atomic mass is 16.5. The quantitative estimate of drug-likeness (QED) is 0.803. The number of carbonyl (C=O) groups excluding carboxylic acids is 1. The van der Waals surface area contributed by atoms with Gasteiger partial charge < -0.3 is 4.74 Å². The van der Waals surface area contributed by atoms with Crippen LogP contribution in [0.2, 0.25) is 0 Å². The number of hydrogen-bond donors (Lipinski definition) is 0. The Morgan fingerprint density at radius 1 is 1.00 bits per heavy atom. The second-order valence-corrected chi connectivity index (χ2v) is 4.97. The molecule has 2 aromatic rings. The van der Waals surface area contributed by atoms with E-state index in [0.29, 0.717) is 6.42 Å². The first-order valence-electron chi connectivity index (χ1n) is 6.96. The third-order valence-corrected chi connectivity index (χ3v) is 3.35. The number of Topliss-reactive ketones (excluding diaryl/α,β-unsaturated/α-hetero) is 1. The van der Waals surface area contributed by atoms with Crippen LogP contribution in [0.15, 0.2) is 48.5 Å². The number of benzene rings is 2. The molecule has 0 amide bonds. The zero-order valence-corrected chi connectivity index (χ0v) is 12.2. The lowest BCUT2D eigenvalue weighted by molar-refractivity contribution is -0.124. The molecule has 0 spiro atoms. The van der Waals surface area contributed by atoms with Crippen LogP contribution in [-0.4, -0.2) is 11.9 Å². The number of ketones is 1. The van der Waals surface area contributed by atoms with Crippen molar-refractivity contribution in [2.24, 2.45) is 0 Å². The lowest BCUT2D eigenvalue weighted by Gasteiger charge is -2.13. The van der Waals surface area contributed by atoms with E-state index >= 15 is 0 Å². The van der Waals surface area contributed by atoms with Gasteiger partial charge in [0.05, 0.1) is 0 Å². The van der Waals surface area contributed by atoms with Crippen molar-refractivity contribution in [1.29, 1.82) is 0 Å². The van der Waals surface area contributed by atoms with Gasteiger partial charge in [-0.05, 0) is 37.1 Å². The minimum Gasteiger partial charge on any atom is -0.483 e. The summed E-state index contributed by atoms with van der Waals surface area (Å²) in [6, 6.07) is 16.3. The molecule has 0 fully saturated rings. The highest BCUT2D eigenvalue weighted by Crippen LogP contribution is 2.23. The molecule has 0 aromatic heterocycles. The maximum absolute atomic E-state index is 11.5. The number of rotatable bonds is 5. The minimum absolute atomic E-state index is 0.118. The summed E-state index contributed by atoms with van der Waals surface area (Å²) in [5.74, 6) is 0.850. The fourth-order valence-corrected chi connectivity index (χ4v) is 2.03. The lowest BCUT2D eigenvalue weighted by atomic mass is 10.0. The maximum Gasteiger partial charge on any atom is 0.172 e. The largest absolute Gasteiger partial charge is 0.483 e. The summed E-state index contributed by atoms with van der Waals surface area (Å²) in [7, 11) is 0. The van der Waals surface area contributed by atoms with E-state index in [1.807, 2.05) is 31.2 Å². The van der Waals surface area contributed by atoms with Gasteiger partial charge in [0.2, 0.25) is 0 Å². The predicted octanol–water partition coefficient (Wildman–Crippen LogP) is 4.41. The van der Waals surface area contributed by atoms with Crippen LogP contribution in [0.1, 0.15) is 25.8 Å². The van der Waals surface area contributed by atoms with Crippen molar-refractivity contribution in [3.8, 4) is 16.9 Å². The summed E-state index contributed by atoms with van der Waals surface area (Å²) in [6.45, 7) is 5.72. The Kier molecular flexibility index (Phi) is 4.57. The first-order valence-corrected chi connectivity index (χ1v) is 6.96. The van der Waals surface area contributed by atoms with Crippen LogP contribution in [0.25, 0.3) is 11.1 Å². The summed E-state index contributed by atoms with van der Waals surface area (Å²) in [4.78, 5) is 11.5. The predicted molar refractivity (Wildman–Crippen MR) is 82.0 cm³/mol. The highest BCUT2D eigenvalue weighted by molar-refractivity contribution is 5.82. The fourth-order valence-electron chi connectivity index (χ4n) is 2.03. The van der Waals surface area contributed by atoms with Crippen LogP contribution in [0.5, 0.6) is 5.75 Å². The summed E-state index contributed by atoms with van der Waals surface area (Å²) in [5, 5.41) is 0. The molecule has 0 aliphatic heterocycles. The van der Waals surface area contributed by atoms with Crippen molar-refractivity contribution in [2.75, 3.05) is 0 Å². The molecule has 2 nitrogen and oxygen atoms in total. The number of aryl methyl sites for hydroxylation is 1. The Morgan fingerprint density at radius 2 is 1.50 bits per heavy atom. The number of carbonyl (C=O) groups is 1. The van der Waals surface area contributed by atoms with Gasteiger partial charge in [0, 0.05) is 6.42 Å². The van der Waals surface area contributed by atoms with Crippen molar-refractivity contribution >= 4 is 5.78 Å². The molecule has 1 atom stereocenters. The van der Waals surface area contributed by atoms with Gasteiger partial charge in [0.25, 0.3) is 0 Å². The molecule has 0 radical (unpaired) electrons. The lowest BCUT2D eigenvalue weighted by Crippen LogP contribution is -2.22. The van der Waals surface area contributed by atoms with Crippen molar-refractivity contribution in [3.05, 3.63) is 54.1 Å². The van der Waals surface area contributed by atoms with Gasteiger partial charge >= 0.3 is 0 Å². The molecule has 0 heterocycles. The van der Waals surface area contributed by atoms with Crippen LogP contribution in [-0.2, 0) is 4.79 Å². The molecule has 2 heteroatoms. The second kappa shape index (κ2) is 6.38. The van der Waals surface area contributed by atoms with Gasteiger partial charge in [0.1, 0.15) is 5.75 Å². The van der Waals surface area contributed by atoms with Gasteiger partial charge in [0.15, 0.2) is 11.9 Å². The molecule has 0 aliphatic carbocycles. The Hall–Kier alpha value is -2.09. The molecule has 2 aromatic carbocycles. The van der Waals surface area contributed by atoms with E-state index in [0.717, 1.165) is 11.3 Å². The molecular weight excluding hydrogens is 248 g/mol. The van der Waals surface area contributed by atoms with E-state index in [1.54, 1.807) is 6.92 Å². The van der Waals surface area contributed by atoms with Gasteiger partial charge in [-0.3, -0.25) is 4.79 Å². The standard InChI is InChI=1S/C18H20O2/c1-4-18(19)14(3)20-17-11-9-16(10-12-17)15-7-5-13(2)6-8-15/h5-12,14H,4H2,1-3H3. The zero-order chi connectivity index (χ0) is 14.5. The second-order valence-electron chi connectivity index (χ2n) is 4.97. The maximum atomic E-state index is 11.5. The molecule has 0 saturated heterocycles. The zero-order valence-electron chi connectivity index (χ0n) is 12.2. The van der Waals surface area contributed by atoms with E-state index in [4.69, 9.17) is 4.74 Å². The average molecular weight is 268 g/mol. The summed E-state index contributed by atoms with van der Waals surface area (Å²) in [5.41, 5.74) is 3.58. The molecular formula is C18H20O2. The summed E-state index contributed by atoms with van der Waals surface area (Å²) >= 11 is 0. The molecule has 0 N–H and O–H groups in total. The van der Waals surface area contributed by atoms with Crippen LogP contribution < -0.4 is 4.74 Å². The van der Waals surface area contributed by atoms with E-state index in [1.165, 1.54) is 11.1 Å². The van der Waals surface area contributed by atoms with E-state index in [-0.39, 0.29) is 11.9 Å². The first-order chi connectivity index (χ1) is 9.60. The average Bonchev–Trinajstić information content (AvgIpc) is 2.48. The van der Waals surface area contributed by atoms with Crippen LogP contribution in [0.3, 0.4) is 0 Å².